The molecule has 2 atom stereocenters. The van der Waals surface area contributed by atoms with E-state index in [4.69, 9.17) is 15.4 Å². The van der Waals surface area contributed by atoms with Crippen LogP contribution < -0.4 is 0 Å². The topological polar surface area (TPSA) is 95.3 Å². The van der Waals surface area contributed by atoms with Gasteiger partial charge in [0.1, 0.15) is 6.23 Å². The van der Waals surface area contributed by atoms with Gasteiger partial charge in [-0.15, -0.1) is 0 Å². The van der Waals surface area contributed by atoms with Gasteiger partial charge in [-0.25, -0.2) is 4.79 Å². The molecule has 0 radical (unpaired) electrons. The molecule has 0 aromatic rings. The maximum absolute atomic E-state index is 10.4. The van der Waals surface area contributed by atoms with Crippen molar-refractivity contribution in [2.24, 2.45) is 5.11 Å². The Kier molecular flexibility index (Phi) is 2.90. The van der Waals surface area contributed by atoms with Crippen LogP contribution in [0.1, 0.15) is 19.3 Å². The Balaban J connectivity index is 2.51. The molecule has 2 unspecified atom stereocenters. The van der Waals surface area contributed by atoms with Gasteiger partial charge in [0.2, 0.25) is 0 Å². The third-order valence-electron chi connectivity index (χ3n) is 1.69. The summed E-state index contributed by atoms with van der Waals surface area (Å²) < 4.78 is 4.97. The zero-order valence-electron chi connectivity index (χ0n) is 6.38. The van der Waals surface area contributed by atoms with Crippen molar-refractivity contribution < 1.29 is 14.6 Å². The van der Waals surface area contributed by atoms with Crippen molar-refractivity contribution in [1.82, 2.24) is 0 Å². The van der Waals surface area contributed by atoms with Gasteiger partial charge in [0.05, 0.1) is 0 Å². The summed E-state index contributed by atoms with van der Waals surface area (Å²) in [5.41, 5.74) is 8.07. The van der Waals surface area contributed by atoms with Crippen LogP contribution in [0.3, 0.4) is 0 Å². The average molecular weight is 171 g/mol. The second-order valence-electron chi connectivity index (χ2n) is 2.55. The van der Waals surface area contributed by atoms with E-state index in [0.717, 1.165) is 6.42 Å². The number of carboxylic acid groups (broad SMARTS) is 1. The van der Waals surface area contributed by atoms with Crippen LogP contribution in [0.2, 0.25) is 0 Å². The lowest BCUT2D eigenvalue weighted by atomic mass is 10.1. The molecule has 1 aliphatic heterocycles. The SMILES string of the molecule is [N-]=[N+]=NC1CCCC(C(=O)O)O1. The fourth-order valence-electron chi connectivity index (χ4n) is 1.13. The molecule has 0 bridgehead atoms. The van der Waals surface area contributed by atoms with Crippen LogP contribution in [0.5, 0.6) is 0 Å². The normalized spacial score (nSPS) is 29.0. The van der Waals surface area contributed by atoms with Crippen LogP contribution in [0.15, 0.2) is 5.11 Å². The van der Waals surface area contributed by atoms with Crippen LogP contribution >= 0.6 is 0 Å². The molecule has 1 N–H and O–H groups in total. The number of nitrogens with zero attached hydrogens (tertiary/aromatic N) is 3. The average Bonchev–Trinajstić information content (AvgIpc) is 2.05. The molecule has 0 aliphatic carbocycles. The summed E-state index contributed by atoms with van der Waals surface area (Å²) in [6.07, 6.45) is 0.403. The molecule has 0 spiro atoms. The highest BCUT2D eigenvalue weighted by molar-refractivity contribution is 5.72. The summed E-state index contributed by atoms with van der Waals surface area (Å²) in [6, 6.07) is 0. The van der Waals surface area contributed by atoms with Crippen LogP contribution in [0, 0.1) is 0 Å². The Bertz CT molecular complexity index is 216. The molecule has 6 heteroatoms. The van der Waals surface area contributed by atoms with Gasteiger partial charge in [0, 0.05) is 4.91 Å². The van der Waals surface area contributed by atoms with Crippen molar-refractivity contribution >= 4 is 5.97 Å². The molecule has 1 aliphatic rings. The highest BCUT2D eigenvalue weighted by atomic mass is 16.5. The summed E-state index contributed by atoms with van der Waals surface area (Å²) in [6.45, 7) is 0. The number of aliphatic carboxylic acids is 1. The number of carbonyl (C=O) groups is 1. The molecule has 1 fully saturated rings. The van der Waals surface area contributed by atoms with E-state index in [1.807, 2.05) is 0 Å². The lowest BCUT2D eigenvalue weighted by Gasteiger charge is -2.23. The fourth-order valence-corrected chi connectivity index (χ4v) is 1.13. The van der Waals surface area contributed by atoms with Crippen molar-refractivity contribution in [2.45, 2.75) is 31.6 Å². The standard InChI is InChI=1S/C6H9N3O3/c7-9-8-5-3-1-2-4(12-5)6(10)11/h4-5H,1-3H2,(H,10,11). The first-order chi connectivity index (χ1) is 5.74. The minimum atomic E-state index is -0.993. The van der Waals surface area contributed by atoms with E-state index in [9.17, 15) is 4.79 Å². The van der Waals surface area contributed by atoms with Crippen LogP contribution in [0.25, 0.3) is 10.4 Å². The van der Waals surface area contributed by atoms with Gasteiger partial charge in [0.15, 0.2) is 6.10 Å². The van der Waals surface area contributed by atoms with Crippen molar-refractivity contribution in [1.29, 1.82) is 0 Å². The van der Waals surface area contributed by atoms with Crippen molar-refractivity contribution in [3.8, 4) is 0 Å². The minimum absolute atomic E-state index is 0.493. The molecule has 0 aromatic carbocycles. The van der Waals surface area contributed by atoms with Crippen molar-refractivity contribution in [3.05, 3.63) is 10.4 Å². The van der Waals surface area contributed by atoms with Crippen molar-refractivity contribution in [3.63, 3.8) is 0 Å². The first-order valence-corrected chi connectivity index (χ1v) is 3.66. The summed E-state index contributed by atoms with van der Waals surface area (Å²) in [7, 11) is 0. The molecule has 1 saturated heterocycles. The predicted molar refractivity (Wildman–Crippen MR) is 39.3 cm³/mol. The van der Waals surface area contributed by atoms with Crippen LogP contribution in [-0.2, 0) is 9.53 Å². The Hall–Kier alpha value is -1.26. The molecular weight excluding hydrogens is 162 g/mol. The Morgan fingerprint density at radius 3 is 3.00 bits per heavy atom. The minimum Gasteiger partial charge on any atom is -0.479 e. The Labute approximate surface area is 68.8 Å². The van der Waals surface area contributed by atoms with E-state index >= 15 is 0 Å². The summed E-state index contributed by atoms with van der Waals surface area (Å²) in [5, 5.41) is 11.9. The van der Waals surface area contributed by atoms with E-state index < -0.39 is 18.3 Å². The number of hydrogen-bond donors (Lipinski definition) is 1. The number of hydrogen-bond acceptors (Lipinski definition) is 3. The molecule has 6 nitrogen and oxygen atoms in total. The Morgan fingerprint density at radius 2 is 2.42 bits per heavy atom. The smallest absolute Gasteiger partial charge is 0.332 e. The van der Waals surface area contributed by atoms with E-state index in [1.165, 1.54) is 0 Å². The lowest BCUT2D eigenvalue weighted by Crippen LogP contribution is -2.32. The Morgan fingerprint density at radius 1 is 1.67 bits per heavy atom. The highest BCUT2D eigenvalue weighted by Gasteiger charge is 2.26. The van der Waals surface area contributed by atoms with Gasteiger partial charge in [0.25, 0.3) is 0 Å². The van der Waals surface area contributed by atoms with E-state index in [0.29, 0.717) is 12.8 Å². The number of ether oxygens (including phenoxy) is 1. The summed E-state index contributed by atoms with van der Waals surface area (Å²) in [4.78, 5) is 13.0. The fraction of sp³-hybridized carbons (Fsp3) is 0.833. The third kappa shape index (κ3) is 2.11. The maximum Gasteiger partial charge on any atom is 0.332 e. The molecule has 0 amide bonds. The first kappa shape index (κ1) is 8.83. The lowest BCUT2D eigenvalue weighted by molar-refractivity contribution is -0.158. The van der Waals surface area contributed by atoms with Gasteiger partial charge in [-0.2, -0.15) is 0 Å². The van der Waals surface area contributed by atoms with Crippen LogP contribution in [0.4, 0.5) is 0 Å². The monoisotopic (exact) mass is 171 g/mol. The van der Waals surface area contributed by atoms with E-state index in [-0.39, 0.29) is 0 Å². The van der Waals surface area contributed by atoms with Crippen molar-refractivity contribution in [2.75, 3.05) is 0 Å². The maximum atomic E-state index is 10.4. The molecule has 66 valence electrons. The number of azide groups is 1. The van der Waals surface area contributed by atoms with Gasteiger partial charge in [-0.3, -0.25) is 0 Å². The zero-order valence-corrected chi connectivity index (χ0v) is 6.38. The number of rotatable bonds is 2. The summed E-state index contributed by atoms with van der Waals surface area (Å²) >= 11 is 0. The van der Waals surface area contributed by atoms with E-state index in [1.54, 1.807) is 0 Å². The molecule has 1 heterocycles. The second kappa shape index (κ2) is 3.94. The van der Waals surface area contributed by atoms with E-state index in [2.05, 4.69) is 10.0 Å². The predicted octanol–water partition coefficient (Wildman–Crippen LogP) is 1.28. The molecule has 12 heavy (non-hydrogen) atoms. The highest BCUT2D eigenvalue weighted by Crippen LogP contribution is 2.19. The van der Waals surface area contributed by atoms with Crippen LogP contribution in [-0.4, -0.2) is 23.4 Å². The molecule has 1 rings (SSSR count). The zero-order chi connectivity index (χ0) is 8.97. The summed E-state index contributed by atoms with van der Waals surface area (Å²) in [5.74, 6) is -0.993. The second-order valence-corrected chi connectivity index (χ2v) is 2.55. The van der Waals surface area contributed by atoms with Gasteiger partial charge in [-0.05, 0) is 24.8 Å². The van der Waals surface area contributed by atoms with Gasteiger partial charge < -0.3 is 9.84 Å². The van der Waals surface area contributed by atoms with Gasteiger partial charge in [-0.1, -0.05) is 5.11 Å². The largest absolute Gasteiger partial charge is 0.479 e. The molecule has 0 aromatic heterocycles. The molecule has 0 saturated carbocycles. The first-order valence-electron chi connectivity index (χ1n) is 3.66. The van der Waals surface area contributed by atoms with Gasteiger partial charge >= 0.3 is 5.97 Å². The quantitative estimate of drug-likeness (QED) is 0.385. The number of carboxylic acids is 1. The molecular formula is C6H9N3O3. The third-order valence-corrected chi connectivity index (χ3v) is 1.69.